The molecule has 68 heavy (non-hydrogen) atoms. The first-order valence-electron chi connectivity index (χ1n) is 25.0. The van der Waals surface area contributed by atoms with Crippen molar-refractivity contribution in [2.75, 3.05) is 10.6 Å². The van der Waals surface area contributed by atoms with Crippen molar-refractivity contribution < 1.29 is 9.59 Å². The lowest BCUT2D eigenvalue weighted by Crippen LogP contribution is -2.25. The smallest absolute Gasteiger partial charge is 0.198 e. The Bertz CT molecular complexity index is 2860. The van der Waals surface area contributed by atoms with Crippen LogP contribution in [0, 0.1) is 5.92 Å². The standard InChI is InChI=1S/C62H64N2O2S2/c1-6-8-10-42-14-28-49(29-15-42)63-53-36-38-55(67-51-32-16-43(17-33-51)11-9-7-2)59-57(53)61(65)58-54(64-50-30-24-44(25-31-50)40(3)4)37-39-56(60(58)62(59)66)68-52-34-26-48(27-35-52)47-22-20-46(21-23-47)45-18-12-41(5)13-19-45/h14-17,20-41,45,63-64H,6-13,18-19H2,1-5H3. The Labute approximate surface area is 413 Å². The molecule has 0 heterocycles. The summed E-state index contributed by atoms with van der Waals surface area (Å²) in [4.78, 5) is 34.9. The number of aryl methyl sites for hydroxylation is 2. The zero-order valence-corrected chi connectivity index (χ0v) is 41.9. The number of carbonyl (C=O) groups excluding carboxylic acids is 2. The van der Waals surface area contributed by atoms with Gasteiger partial charge in [0, 0.05) is 42.1 Å². The molecule has 7 aromatic carbocycles. The number of hydrogen-bond acceptors (Lipinski definition) is 6. The second-order valence-electron chi connectivity index (χ2n) is 19.3. The van der Waals surface area contributed by atoms with Crippen molar-refractivity contribution in [3.8, 4) is 11.1 Å². The first-order chi connectivity index (χ1) is 33.1. The van der Waals surface area contributed by atoms with Crippen LogP contribution < -0.4 is 10.6 Å². The Morgan fingerprint density at radius 3 is 1.40 bits per heavy atom. The molecule has 0 amide bonds. The number of fused-ring (bicyclic) bond motifs is 2. The van der Waals surface area contributed by atoms with Gasteiger partial charge in [0.1, 0.15) is 0 Å². The van der Waals surface area contributed by atoms with Crippen LogP contribution in [0.3, 0.4) is 0 Å². The van der Waals surface area contributed by atoms with Gasteiger partial charge in [-0.15, -0.1) is 0 Å². The van der Waals surface area contributed by atoms with Gasteiger partial charge in [-0.05, 0) is 162 Å². The van der Waals surface area contributed by atoms with Gasteiger partial charge in [-0.3, -0.25) is 9.59 Å². The van der Waals surface area contributed by atoms with Crippen LogP contribution in [0.15, 0.2) is 165 Å². The molecule has 4 nitrogen and oxygen atoms in total. The van der Waals surface area contributed by atoms with Crippen LogP contribution in [0.5, 0.6) is 0 Å². The van der Waals surface area contributed by atoms with Gasteiger partial charge in [0.2, 0.25) is 0 Å². The maximum absolute atomic E-state index is 15.7. The Balaban J connectivity index is 1.10. The summed E-state index contributed by atoms with van der Waals surface area (Å²) in [6.07, 6.45) is 11.8. The Kier molecular flexibility index (Phi) is 15.0. The normalized spacial score (nSPS) is 15.6. The lowest BCUT2D eigenvalue weighted by atomic mass is 9.79. The monoisotopic (exact) mass is 932 g/mol. The van der Waals surface area contributed by atoms with E-state index in [2.05, 4.69) is 167 Å². The second kappa shape index (κ2) is 21.6. The van der Waals surface area contributed by atoms with Gasteiger partial charge in [-0.25, -0.2) is 0 Å². The van der Waals surface area contributed by atoms with E-state index in [1.165, 1.54) is 65.3 Å². The lowest BCUT2D eigenvalue weighted by molar-refractivity contribution is 0.0976. The zero-order chi connectivity index (χ0) is 47.1. The molecule has 0 aliphatic heterocycles. The quantitative estimate of drug-likeness (QED) is 0.0949. The summed E-state index contributed by atoms with van der Waals surface area (Å²) in [5, 5.41) is 7.17. The Hall–Kier alpha value is -5.82. The highest BCUT2D eigenvalue weighted by Gasteiger charge is 2.38. The molecule has 6 heteroatoms. The third-order valence-corrected chi connectivity index (χ3v) is 16.1. The summed E-state index contributed by atoms with van der Waals surface area (Å²) >= 11 is 3.08. The van der Waals surface area contributed by atoms with Gasteiger partial charge < -0.3 is 10.6 Å². The largest absolute Gasteiger partial charge is 0.355 e. The zero-order valence-electron chi connectivity index (χ0n) is 40.3. The van der Waals surface area contributed by atoms with E-state index in [4.69, 9.17) is 0 Å². The molecule has 0 spiro atoms. The van der Waals surface area contributed by atoms with Gasteiger partial charge in [-0.1, -0.05) is 157 Å². The topological polar surface area (TPSA) is 58.2 Å². The lowest BCUT2D eigenvalue weighted by Gasteiger charge is -2.27. The average molecular weight is 933 g/mol. The number of rotatable bonds is 17. The second-order valence-corrected chi connectivity index (χ2v) is 21.5. The maximum atomic E-state index is 15.7. The van der Waals surface area contributed by atoms with E-state index in [-0.39, 0.29) is 11.6 Å². The van der Waals surface area contributed by atoms with Crippen molar-refractivity contribution in [2.45, 2.75) is 130 Å². The number of nitrogens with one attached hydrogen (secondary N) is 2. The predicted octanol–water partition coefficient (Wildman–Crippen LogP) is 18.0. The van der Waals surface area contributed by atoms with Gasteiger partial charge >= 0.3 is 0 Å². The van der Waals surface area contributed by atoms with Crippen LogP contribution in [0.1, 0.15) is 152 Å². The molecular weight excluding hydrogens is 869 g/mol. The van der Waals surface area contributed by atoms with Crippen LogP contribution in [0.4, 0.5) is 22.7 Å². The molecule has 0 saturated heterocycles. The fourth-order valence-electron chi connectivity index (χ4n) is 9.73. The molecule has 0 unspecified atom stereocenters. The maximum Gasteiger partial charge on any atom is 0.198 e. The first kappa shape index (κ1) is 47.3. The number of anilines is 4. The summed E-state index contributed by atoms with van der Waals surface area (Å²) in [5.74, 6) is 1.55. The SMILES string of the molecule is CCCCc1ccc(Nc2ccc(Sc3ccc(CCCC)cc3)c3c2C(=O)c2c(Nc4ccc(C(C)C)cc4)ccc(Sc4ccc(-c5ccc(C6CCC(C)CC6)cc5)cc4)c2C3=O)cc1. The van der Waals surface area contributed by atoms with Gasteiger partial charge in [-0.2, -0.15) is 0 Å². The summed E-state index contributed by atoms with van der Waals surface area (Å²) in [5.41, 5.74) is 12.2. The molecule has 346 valence electrons. The van der Waals surface area contributed by atoms with Crippen LogP contribution in [-0.2, 0) is 12.8 Å². The fraction of sp³-hybridized carbons (Fsp3) is 0.290. The van der Waals surface area contributed by atoms with Crippen molar-refractivity contribution in [3.05, 3.63) is 190 Å². The Morgan fingerprint density at radius 2 is 0.926 bits per heavy atom. The third kappa shape index (κ3) is 10.7. The molecule has 0 radical (unpaired) electrons. The highest BCUT2D eigenvalue weighted by molar-refractivity contribution is 7.99. The minimum absolute atomic E-state index is 0.152. The molecule has 0 bridgehead atoms. The number of unbranched alkanes of at least 4 members (excludes halogenated alkanes) is 2. The molecule has 0 atom stereocenters. The van der Waals surface area contributed by atoms with E-state index >= 15 is 9.59 Å². The minimum Gasteiger partial charge on any atom is -0.355 e. The summed E-state index contributed by atoms with van der Waals surface area (Å²) in [7, 11) is 0. The molecule has 0 aromatic heterocycles. The van der Waals surface area contributed by atoms with Gasteiger partial charge in [0.15, 0.2) is 11.6 Å². The fourth-order valence-corrected chi connectivity index (χ4v) is 11.6. The number of benzene rings is 7. The van der Waals surface area contributed by atoms with Crippen LogP contribution in [-0.4, -0.2) is 11.6 Å². The van der Waals surface area contributed by atoms with E-state index in [0.717, 1.165) is 81.0 Å². The summed E-state index contributed by atoms with van der Waals surface area (Å²) < 4.78 is 0. The first-order valence-corrected chi connectivity index (χ1v) is 26.6. The minimum atomic E-state index is -0.181. The molecule has 2 aliphatic rings. The Morgan fingerprint density at radius 1 is 0.500 bits per heavy atom. The number of ketones is 2. The molecular formula is C62H64N2O2S2. The van der Waals surface area contributed by atoms with Crippen LogP contribution in [0.25, 0.3) is 11.1 Å². The third-order valence-electron chi connectivity index (χ3n) is 13.9. The molecule has 2 aliphatic carbocycles. The van der Waals surface area contributed by atoms with E-state index in [1.807, 2.05) is 24.3 Å². The van der Waals surface area contributed by atoms with Crippen molar-refractivity contribution in [1.82, 2.24) is 0 Å². The summed E-state index contributed by atoms with van der Waals surface area (Å²) in [6, 6.07) is 51.2. The summed E-state index contributed by atoms with van der Waals surface area (Å²) in [6.45, 7) is 11.2. The highest BCUT2D eigenvalue weighted by Crippen LogP contribution is 2.47. The van der Waals surface area contributed by atoms with Crippen LogP contribution >= 0.6 is 23.5 Å². The van der Waals surface area contributed by atoms with Crippen LogP contribution in [0.2, 0.25) is 0 Å². The van der Waals surface area contributed by atoms with Crippen molar-refractivity contribution >= 4 is 57.8 Å². The average Bonchev–Trinajstić information content (AvgIpc) is 3.36. The molecule has 1 fully saturated rings. The van der Waals surface area contributed by atoms with E-state index in [9.17, 15) is 0 Å². The van der Waals surface area contributed by atoms with Gasteiger partial charge in [0.05, 0.1) is 22.5 Å². The van der Waals surface area contributed by atoms with Crippen molar-refractivity contribution in [3.63, 3.8) is 0 Å². The van der Waals surface area contributed by atoms with E-state index in [1.54, 1.807) is 11.8 Å². The van der Waals surface area contributed by atoms with E-state index in [0.29, 0.717) is 45.5 Å². The predicted molar refractivity (Wildman–Crippen MR) is 287 cm³/mol. The number of hydrogen-bond donors (Lipinski definition) is 2. The van der Waals surface area contributed by atoms with E-state index < -0.39 is 0 Å². The molecule has 2 N–H and O–H groups in total. The molecule has 1 saturated carbocycles. The van der Waals surface area contributed by atoms with Crippen molar-refractivity contribution in [2.24, 2.45) is 5.92 Å². The van der Waals surface area contributed by atoms with Crippen molar-refractivity contribution in [1.29, 1.82) is 0 Å². The highest BCUT2D eigenvalue weighted by atomic mass is 32.2. The molecule has 9 rings (SSSR count). The van der Waals surface area contributed by atoms with Gasteiger partial charge in [0.25, 0.3) is 0 Å². The molecule has 7 aromatic rings. The number of carbonyl (C=O) groups is 2.